The smallest absolute Gasteiger partial charge is 0.311 e. The molecule has 1 fully saturated rings. The summed E-state index contributed by atoms with van der Waals surface area (Å²) >= 11 is 19.5. The average molecular weight is 675 g/mol. The van der Waals surface area contributed by atoms with E-state index in [9.17, 15) is 9.59 Å². The van der Waals surface area contributed by atoms with Crippen LogP contribution in [-0.2, 0) is 33.0 Å². The van der Waals surface area contributed by atoms with Gasteiger partial charge in [0.2, 0.25) is 12.2 Å². The lowest BCUT2D eigenvalue weighted by Gasteiger charge is -2.48. The molecule has 8 nitrogen and oxygen atoms in total. The van der Waals surface area contributed by atoms with E-state index >= 15 is 0 Å². The number of rotatable bonds is 6. The van der Waals surface area contributed by atoms with E-state index in [0.29, 0.717) is 0 Å². The van der Waals surface area contributed by atoms with E-state index in [1.807, 2.05) is 0 Å². The number of carbonyl (C=O) groups excluding carboxylic acids is 2. The highest BCUT2D eigenvalue weighted by molar-refractivity contribution is 14.1. The Morgan fingerprint density at radius 3 is 1.97 bits per heavy atom. The predicted molar refractivity (Wildman–Crippen MR) is 144 cm³/mol. The van der Waals surface area contributed by atoms with Crippen molar-refractivity contribution in [3.05, 3.63) is 0 Å². The number of carbonyl (C=O) groups is 2. The number of nitrogens with one attached hydrogen (secondary N) is 1. The fourth-order valence-electron chi connectivity index (χ4n) is 2.57. The standard InChI is InChI=1S/C21H35Cl3INO7Si/c1-11(27)29-10-12-14(31-18(28)19(2,3)4)15(33-34(8,9)20(5,6)7)13(25)16(30-12)32-17(26)21(22,23)24/h12-16,26H,10H2,1-9H3/t12-,13-,14-,15-,16-/m1/s1. The summed E-state index contributed by atoms with van der Waals surface area (Å²) < 4.78 is 26.7. The van der Waals surface area contributed by atoms with Crippen LogP contribution in [0.4, 0.5) is 0 Å². The number of hydrogen-bond acceptors (Lipinski definition) is 8. The zero-order chi connectivity index (χ0) is 26.9. The van der Waals surface area contributed by atoms with E-state index in [2.05, 4.69) is 56.5 Å². The first-order valence-corrected chi connectivity index (χ1v) is 16.0. The number of ether oxygens (including phenoxy) is 4. The normalized spacial score (nSPS) is 26.6. The first-order valence-electron chi connectivity index (χ1n) is 10.7. The minimum Gasteiger partial charge on any atom is -0.463 e. The lowest BCUT2D eigenvalue weighted by molar-refractivity contribution is -0.239. The van der Waals surface area contributed by atoms with Gasteiger partial charge in [-0.1, -0.05) is 78.2 Å². The van der Waals surface area contributed by atoms with Crippen molar-refractivity contribution in [2.24, 2.45) is 5.41 Å². The summed E-state index contributed by atoms with van der Waals surface area (Å²) in [5.74, 6) is -1.63. The summed E-state index contributed by atoms with van der Waals surface area (Å²) in [6.07, 6.45) is -3.66. The molecule has 0 amide bonds. The molecule has 1 rings (SSSR count). The number of halogens is 4. The van der Waals surface area contributed by atoms with E-state index in [4.69, 9.17) is 63.6 Å². The molecule has 5 atom stereocenters. The van der Waals surface area contributed by atoms with Crippen molar-refractivity contribution in [3.63, 3.8) is 0 Å². The van der Waals surface area contributed by atoms with Crippen molar-refractivity contribution in [2.45, 2.75) is 98.9 Å². The monoisotopic (exact) mass is 673 g/mol. The predicted octanol–water partition coefficient (Wildman–Crippen LogP) is 5.79. The van der Waals surface area contributed by atoms with Crippen LogP contribution in [0, 0.1) is 10.8 Å². The lowest BCUT2D eigenvalue weighted by atomic mass is 9.96. The Labute approximate surface area is 231 Å². The second-order valence-electron chi connectivity index (χ2n) is 10.7. The number of esters is 2. The minimum atomic E-state index is -2.40. The molecule has 1 aliphatic heterocycles. The quantitative estimate of drug-likeness (QED) is 0.0950. The van der Waals surface area contributed by atoms with Gasteiger partial charge in [-0.15, -0.1) is 0 Å². The molecule has 0 aromatic rings. The van der Waals surface area contributed by atoms with E-state index in [-0.39, 0.29) is 11.6 Å². The van der Waals surface area contributed by atoms with Crippen LogP contribution in [-0.4, -0.2) is 65.1 Å². The summed E-state index contributed by atoms with van der Waals surface area (Å²) in [5, 5.41) is 7.83. The number of alkyl halides is 4. The summed E-state index contributed by atoms with van der Waals surface area (Å²) in [6.45, 7) is 16.6. The van der Waals surface area contributed by atoms with E-state index in [1.165, 1.54) is 6.92 Å². The highest BCUT2D eigenvalue weighted by Crippen LogP contribution is 2.42. The molecule has 0 radical (unpaired) electrons. The highest BCUT2D eigenvalue weighted by Gasteiger charge is 2.54. The van der Waals surface area contributed by atoms with Crippen molar-refractivity contribution in [3.8, 4) is 0 Å². The molecule has 198 valence electrons. The molecule has 0 spiro atoms. The fourth-order valence-corrected chi connectivity index (χ4v) is 5.17. The van der Waals surface area contributed by atoms with Crippen LogP contribution in [0.3, 0.4) is 0 Å². The Bertz CT molecular complexity index is 765. The molecule has 0 bridgehead atoms. The lowest BCUT2D eigenvalue weighted by Crippen LogP contribution is -2.63. The van der Waals surface area contributed by atoms with Crippen LogP contribution in [0.5, 0.6) is 0 Å². The Morgan fingerprint density at radius 1 is 1.03 bits per heavy atom. The Kier molecular flexibility index (Phi) is 11.1. The van der Waals surface area contributed by atoms with Crippen molar-refractivity contribution in [1.29, 1.82) is 5.41 Å². The van der Waals surface area contributed by atoms with Crippen LogP contribution >= 0.6 is 57.4 Å². The summed E-state index contributed by atoms with van der Waals surface area (Å²) in [5.41, 5.74) is -0.792. The second-order valence-corrected chi connectivity index (χ2v) is 19.2. The third-order valence-corrected chi connectivity index (χ3v) is 11.9. The maximum absolute atomic E-state index is 12.9. The van der Waals surface area contributed by atoms with Gasteiger partial charge in [0.05, 0.1) is 5.41 Å². The average Bonchev–Trinajstić information content (AvgIpc) is 2.62. The van der Waals surface area contributed by atoms with Gasteiger partial charge in [-0.05, 0) is 38.9 Å². The fraction of sp³-hybridized carbons (Fsp3) is 0.857. The van der Waals surface area contributed by atoms with Crippen molar-refractivity contribution in [1.82, 2.24) is 0 Å². The zero-order valence-corrected chi connectivity index (χ0v) is 26.4. The van der Waals surface area contributed by atoms with Crippen LogP contribution in [0.1, 0.15) is 48.5 Å². The molecule has 0 aliphatic carbocycles. The van der Waals surface area contributed by atoms with Crippen molar-refractivity contribution in [2.75, 3.05) is 6.61 Å². The minimum absolute atomic E-state index is 0.160. The largest absolute Gasteiger partial charge is 0.463 e. The van der Waals surface area contributed by atoms with Crippen LogP contribution in [0.2, 0.25) is 18.1 Å². The van der Waals surface area contributed by atoms with E-state index in [0.717, 1.165) is 0 Å². The van der Waals surface area contributed by atoms with Crippen molar-refractivity contribution < 1.29 is 33.0 Å². The molecular weight excluding hydrogens is 640 g/mol. The van der Waals surface area contributed by atoms with Gasteiger partial charge in [0.15, 0.2) is 14.4 Å². The summed E-state index contributed by atoms with van der Waals surface area (Å²) in [4.78, 5) is 24.4. The van der Waals surface area contributed by atoms with Gasteiger partial charge in [0, 0.05) is 6.92 Å². The molecule has 1 N–H and O–H groups in total. The molecule has 1 saturated heterocycles. The summed E-state index contributed by atoms with van der Waals surface area (Å²) in [6, 6.07) is 0. The SMILES string of the molecule is CC(=O)OC[C@H]1O[C@H](OC(=N)C(Cl)(Cl)Cl)[C@H](I)[C@@H](O[Si](C)(C)C(C)(C)C)[C@@H]1OC(=O)C(C)(C)C. The van der Waals surface area contributed by atoms with Crippen LogP contribution in [0.15, 0.2) is 0 Å². The Hall–Kier alpha value is 0.147. The Balaban J connectivity index is 3.47. The number of hydrogen-bond donors (Lipinski definition) is 1. The molecule has 1 heterocycles. The molecule has 0 aromatic heterocycles. The maximum atomic E-state index is 12.9. The third kappa shape index (κ3) is 8.91. The first kappa shape index (κ1) is 32.2. The van der Waals surface area contributed by atoms with Crippen LogP contribution < -0.4 is 0 Å². The van der Waals surface area contributed by atoms with Gasteiger partial charge >= 0.3 is 11.9 Å². The molecule has 34 heavy (non-hydrogen) atoms. The summed E-state index contributed by atoms with van der Waals surface area (Å²) in [7, 11) is -2.40. The van der Waals surface area contributed by atoms with E-state index in [1.54, 1.807) is 20.8 Å². The van der Waals surface area contributed by atoms with Crippen LogP contribution in [0.25, 0.3) is 0 Å². The van der Waals surface area contributed by atoms with Gasteiger partial charge < -0.3 is 23.4 Å². The van der Waals surface area contributed by atoms with Gasteiger partial charge in [-0.3, -0.25) is 15.0 Å². The Morgan fingerprint density at radius 2 is 1.56 bits per heavy atom. The van der Waals surface area contributed by atoms with E-state index < -0.39 is 63.9 Å². The van der Waals surface area contributed by atoms with Gasteiger partial charge in [-0.2, -0.15) is 0 Å². The molecular formula is C21H35Cl3INO7Si. The third-order valence-electron chi connectivity index (χ3n) is 5.61. The first-order chi connectivity index (χ1) is 15.1. The molecule has 0 saturated carbocycles. The molecule has 0 unspecified atom stereocenters. The zero-order valence-electron chi connectivity index (χ0n) is 21.0. The molecule has 0 aromatic carbocycles. The van der Waals surface area contributed by atoms with Gasteiger partial charge in [0.1, 0.15) is 22.7 Å². The molecule has 13 heteroatoms. The van der Waals surface area contributed by atoms with Crippen molar-refractivity contribution >= 4 is 83.5 Å². The van der Waals surface area contributed by atoms with Gasteiger partial charge in [0.25, 0.3) is 3.79 Å². The topological polar surface area (TPSA) is 104 Å². The second kappa shape index (κ2) is 11.7. The maximum Gasteiger partial charge on any atom is 0.311 e. The van der Waals surface area contributed by atoms with Gasteiger partial charge in [-0.25, -0.2) is 0 Å². The highest BCUT2D eigenvalue weighted by atomic mass is 127. The molecule has 1 aliphatic rings.